The molecule has 2 aliphatic heterocycles. The SMILES string of the molecule is CC(=O)c1ccc2c(c1)C(=C(NC1CCN(C)CC1)c1ccc(N)cc1)C(=O)N2C(C)=O. The van der Waals surface area contributed by atoms with Gasteiger partial charge in [-0.1, -0.05) is 12.1 Å². The molecule has 0 spiro atoms. The van der Waals surface area contributed by atoms with E-state index in [-0.39, 0.29) is 23.6 Å². The van der Waals surface area contributed by atoms with Gasteiger partial charge >= 0.3 is 0 Å². The molecule has 1 saturated heterocycles. The van der Waals surface area contributed by atoms with E-state index < -0.39 is 0 Å². The highest BCUT2D eigenvalue weighted by atomic mass is 16.2. The van der Waals surface area contributed by atoms with E-state index in [4.69, 9.17) is 5.73 Å². The normalized spacial score (nSPS) is 18.5. The second kappa shape index (κ2) is 8.59. The number of nitrogens with two attached hydrogens (primary N) is 1. The maximum Gasteiger partial charge on any atom is 0.267 e. The number of fused-ring (bicyclic) bond motifs is 1. The smallest absolute Gasteiger partial charge is 0.267 e. The Kier molecular flexibility index (Phi) is 5.84. The molecule has 2 heterocycles. The lowest BCUT2D eigenvalue weighted by atomic mass is 9.96. The van der Waals surface area contributed by atoms with E-state index in [1.165, 1.54) is 18.7 Å². The number of nitrogens with one attached hydrogen (secondary N) is 1. The lowest BCUT2D eigenvalue weighted by molar-refractivity contribution is -0.122. The van der Waals surface area contributed by atoms with Gasteiger partial charge in [-0.15, -0.1) is 0 Å². The minimum absolute atomic E-state index is 0.0989. The van der Waals surface area contributed by atoms with Gasteiger partial charge in [0.25, 0.3) is 5.91 Å². The summed E-state index contributed by atoms with van der Waals surface area (Å²) < 4.78 is 0. The van der Waals surface area contributed by atoms with E-state index in [2.05, 4.69) is 17.3 Å². The van der Waals surface area contributed by atoms with Crippen LogP contribution in [0.25, 0.3) is 11.3 Å². The number of piperidine rings is 1. The van der Waals surface area contributed by atoms with Crippen LogP contribution in [-0.4, -0.2) is 48.7 Å². The van der Waals surface area contributed by atoms with Gasteiger partial charge in [0.15, 0.2) is 5.78 Å². The highest BCUT2D eigenvalue weighted by Crippen LogP contribution is 2.41. The van der Waals surface area contributed by atoms with E-state index in [1.54, 1.807) is 30.3 Å². The summed E-state index contributed by atoms with van der Waals surface area (Å²) in [6, 6.07) is 12.6. The molecule has 0 saturated carbocycles. The fourth-order valence-corrected chi connectivity index (χ4v) is 4.35. The van der Waals surface area contributed by atoms with Crippen LogP contribution in [0.5, 0.6) is 0 Å². The van der Waals surface area contributed by atoms with E-state index in [9.17, 15) is 14.4 Å². The summed E-state index contributed by atoms with van der Waals surface area (Å²) in [5.74, 6) is -0.851. The predicted molar refractivity (Wildman–Crippen MR) is 126 cm³/mol. The summed E-state index contributed by atoms with van der Waals surface area (Å²) in [5.41, 5.74) is 9.99. The quantitative estimate of drug-likeness (QED) is 0.438. The molecule has 32 heavy (non-hydrogen) atoms. The molecule has 0 atom stereocenters. The van der Waals surface area contributed by atoms with Crippen LogP contribution < -0.4 is 16.0 Å². The number of ketones is 1. The minimum atomic E-state index is -0.388. The Morgan fingerprint density at radius 3 is 2.22 bits per heavy atom. The Morgan fingerprint density at radius 2 is 1.62 bits per heavy atom. The number of hydrogen-bond donors (Lipinski definition) is 2. The van der Waals surface area contributed by atoms with E-state index in [1.807, 2.05) is 12.1 Å². The van der Waals surface area contributed by atoms with Gasteiger partial charge in [0.2, 0.25) is 5.91 Å². The van der Waals surface area contributed by atoms with Gasteiger partial charge < -0.3 is 16.0 Å². The fraction of sp³-hybridized carbons (Fsp3) is 0.320. The number of benzene rings is 2. The van der Waals surface area contributed by atoms with Gasteiger partial charge in [-0.05, 0) is 75.8 Å². The van der Waals surface area contributed by atoms with Crippen molar-refractivity contribution in [2.45, 2.75) is 32.7 Å². The van der Waals surface area contributed by atoms with Crippen molar-refractivity contribution in [3.8, 4) is 0 Å². The Labute approximate surface area is 187 Å². The maximum atomic E-state index is 13.5. The van der Waals surface area contributed by atoms with Gasteiger partial charge in [-0.3, -0.25) is 14.4 Å². The molecule has 2 aliphatic rings. The minimum Gasteiger partial charge on any atom is -0.399 e. The fourth-order valence-electron chi connectivity index (χ4n) is 4.35. The van der Waals surface area contributed by atoms with Crippen molar-refractivity contribution in [1.29, 1.82) is 0 Å². The second-order valence-electron chi connectivity index (χ2n) is 8.54. The first-order valence-electron chi connectivity index (χ1n) is 10.8. The molecular formula is C25H28N4O3. The van der Waals surface area contributed by atoms with Crippen LogP contribution >= 0.6 is 0 Å². The number of rotatable bonds is 4. The molecule has 0 aromatic heterocycles. The van der Waals surface area contributed by atoms with Gasteiger partial charge in [0.1, 0.15) is 0 Å². The van der Waals surface area contributed by atoms with E-state index in [0.29, 0.717) is 33.8 Å². The Balaban J connectivity index is 1.91. The number of hydrogen-bond acceptors (Lipinski definition) is 6. The third-order valence-corrected chi connectivity index (χ3v) is 6.16. The number of nitrogen functional groups attached to an aromatic ring is 1. The third kappa shape index (κ3) is 4.03. The molecule has 2 aromatic carbocycles. The first kappa shape index (κ1) is 21.8. The number of carbonyl (C=O) groups is 3. The molecule has 4 rings (SSSR count). The number of amides is 2. The number of likely N-dealkylation sites (tertiary alicyclic amines) is 1. The number of nitrogens with zero attached hydrogens (tertiary/aromatic N) is 2. The van der Waals surface area contributed by atoms with Crippen LogP contribution in [0.3, 0.4) is 0 Å². The van der Waals surface area contributed by atoms with Gasteiger partial charge in [-0.2, -0.15) is 0 Å². The van der Waals surface area contributed by atoms with Crippen molar-refractivity contribution >= 4 is 40.2 Å². The topological polar surface area (TPSA) is 95.7 Å². The Morgan fingerprint density at radius 1 is 1.00 bits per heavy atom. The summed E-state index contributed by atoms with van der Waals surface area (Å²) in [7, 11) is 2.10. The lowest BCUT2D eigenvalue weighted by Gasteiger charge is -2.31. The van der Waals surface area contributed by atoms with Gasteiger partial charge in [0.05, 0.1) is 17.0 Å². The number of carbonyl (C=O) groups excluding carboxylic acids is 3. The van der Waals surface area contributed by atoms with Crippen LogP contribution in [-0.2, 0) is 9.59 Å². The number of imide groups is 1. The van der Waals surface area contributed by atoms with E-state index in [0.717, 1.165) is 31.5 Å². The maximum absolute atomic E-state index is 13.5. The largest absolute Gasteiger partial charge is 0.399 e. The molecule has 1 fully saturated rings. The van der Waals surface area contributed by atoms with Crippen LogP contribution in [0.4, 0.5) is 11.4 Å². The van der Waals surface area contributed by atoms with Crippen LogP contribution in [0, 0.1) is 0 Å². The molecule has 0 bridgehead atoms. The molecule has 7 nitrogen and oxygen atoms in total. The summed E-state index contributed by atoms with van der Waals surface area (Å²) >= 11 is 0. The first-order chi connectivity index (χ1) is 15.3. The molecule has 0 radical (unpaired) electrons. The van der Waals surface area contributed by atoms with Crippen molar-refractivity contribution in [3.63, 3.8) is 0 Å². The molecule has 2 aromatic rings. The van der Waals surface area contributed by atoms with Crippen molar-refractivity contribution < 1.29 is 14.4 Å². The summed E-state index contributed by atoms with van der Waals surface area (Å²) in [4.78, 5) is 41.5. The summed E-state index contributed by atoms with van der Waals surface area (Å²) in [5, 5.41) is 3.60. The molecule has 166 valence electrons. The van der Waals surface area contributed by atoms with E-state index >= 15 is 0 Å². The number of anilines is 2. The Bertz CT molecular complexity index is 1110. The second-order valence-corrected chi connectivity index (χ2v) is 8.54. The van der Waals surface area contributed by atoms with Crippen molar-refractivity contribution in [2.75, 3.05) is 30.8 Å². The average molecular weight is 433 g/mol. The molecule has 0 unspecified atom stereocenters. The predicted octanol–water partition coefficient (Wildman–Crippen LogP) is 2.92. The average Bonchev–Trinajstić information content (AvgIpc) is 3.05. The monoisotopic (exact) mass is 432 g/mol. The first-order valence-corrected chi connectivity index (χ1v) is 10.8. The zero-order valence-electron chi connectivity index (χ0n) is 18.6. The van der Waals surface area contributed by atoms with Gasteiger partial charge in [0, 0.05) is 29.8 Å². The van der Waals surface area contributed by atoms with Crippen LogP contribution in [0.15, 0.2) is 42.5 Å². The molecule has 0 aliphatic carbocycles. The summed E-state index contributed by atoms with van der Waals surface area (Å²) in [6.07, 6.45) is 1.88. The molecule has 2 amide bonds. The highest BCUT2D eigenvalue weighted by Gasteiger charge is 2.38. The lowest BCUT2D eigenvalue weighted by Crippen LogP contribution is -2.40. The molecule has 7 heteroatoms. The van der Waals surface area contributed by atoms with Crippen LogP contribution in [0.2, 0.25) is 0 Å². The molecular weight excluding hydrogens is 404 g/mol. The van der Waals surface area contributed by atoms with Gasteiger partial charge in [-0.25, -0.2) is 4.90 Å². The number of Topliss-reactive ketones (excluding diaryl/α,β-unsaturated/α-hetero) is 1. The van der Waals surface area contributed by atoms with Crippen LogP contribution in [0.1, 0.15) is 48.2 Å². The molecule has 3 N–H and O–H groups in total. The highest BCUT2D eigenvalue weighted by molar-refractivity contribution is 6.43. The zero-order valence-corrected chi connectivity index (χ0v) is 18.6. The standard InChI is InChI=1S/C25H28N4O3/c1-15(30)18-6-9-22-21(14-18)23(25(32)29(22)16(2)31)24(17-4-7-19(26)8-5-17)27-20-10-12-28(3)13-11-20/h4-9,14,20,27H,10-13,26H2,1-3H3. The van der Waals surface area contributed by atoms with Crippen molar-refractivity contribution in [1.82, 2.24) is 10.2 Å². The van der Waals surface area contributed by atoms with Crippen molar-refractivity contribution in [3.05, 3.63) is 59.2 Å². The third-order valence-electron chi connectivity index (χ3n) is 6.16. The van der Waals surface area contributed by atoms with Crippen molar-refractivity contribution in [2.24, 2.45) is 0 Å². The summed E-state index contributed by atoms with van der Waals surface area (Å²) in [6.45, 7) is 4.78. The Hall–Kier alpha value is -3.45. The zero-order chi connectivity index (χ0) is 23.0.